The van der Waals surface area contributed by atoms with Crippen molar-refractivity contribution in [2.24, 2.45) is 0 Å². The molecule has 0 bridgehead atoms. The Kier molecular flexibility index (Phi) is 4.40. The highest BCUT2D eigenvalue weighted by Crippen LogP contribution is 2.28. The molecule has 0 aliphatic carbocycles. The maximum atomic E-state index is 9.19. The number of hydrogen-bond donors (Lipinski definition) is 2. The van der Waals surface area contributed by atoms with E-state index in [1.54, 1.807) is 11.3 Å². The van der Waals surface area contributed by atoms with E-state index in [-0.39, 0.29) is 6.04 Å². The fraction of sp³-hybridized carbons (Fsp3) is 0.235. The van der Waals surface area contributed by atoms with E-state index in [2.05, 4.69) is 40.5 Å². The van der Waals surface area contributed by atoms with Gasteiger partial charge in [0.2, 0.25) is 5.95 Å². The first-order valence-electron chi connectivity index (χ1n) is 7.41. The van der Waals surface area contributed by atoms with Crippen LogP contribution in [0.1, 0.15) is 25.0 Å². The minimum absolute atomic E-state index is 0.262. The molecule has 23 heavy (non-hydrogen) atoms. The van der Waals surface area contributed by atoms with Crippen LogP contribution in [-0.4, -0.2) is 16.0 Å². The van der Waals surface area contributed by atoms with Gasteiger partial charge in [0.25, 0.3) is 0 Å². The van der Waals surface area contributed by atoms with Gasteiger partial charge in [-0.3, -0.25) is 0 Å². The Hall–Kier alpha value is -2.65. The molecule has 3 rings (SSSR count). The minimum Gasteiger partial charge on any atom is -0.365 e. The molecule has 2 N–H and O–H groups in total. The van der Waals surface area contributed by atoms with Crippen LogP contribution in [0.3, 0.4) is 0 Å². The molecule has 0 saturated heterocycles. The van der Waals surface area contributed by atoms with Crippen LogP contribution in [0.4, 0.5) is 11.8 Å². The van der Waals surface area contributed by atoms with Crippen LogP contribution in [0.15, 0.2) is 35.7 Å². The molecule has 1 aromatic carbocycles. The molecular weight excluding hydrogens is 306 g/mol. The topological polar surface area (TPSA) is 73.6 Å². The summed E-state index contributed by atoms with van der Waals surface area (Å²) in [5, 5.41) is 17.8. The van der Waals surface area contributed by atoms with Crippen molar-refractivity contribution in [3.05, 3.63) is 46.8 Å². The molecule has 6 heteroatoms. The Labute approximate surface area is 139 Å². The van der Waals surface area contributed by atoms with Gasteiger partial charge in [-0.05, 0) is 36.9 Å². The van der Waals surface area contributed by atoms with E-state index in [0.29, 0.717) is 18.1 Å². The quantitative estimate of drug-likeness (QED) is 0.742. The number of aromatic nitrogens is 2. The summed E-state index contributed by atoms with van der Waals surface area (Å²) in [6.07, 6.45) is 0. The second-order valence-electron chi connectivity index (χ2n) is 5.45. The number of fused-ring (bicyclic) bond motifs is 1. The molecule has 0 aliphatic heterocycles. The smallest absolute Gasteiger partial charge is 0.225 e. The number of anilines is 2. The van der Waals surface area contributed by atoms with Crippen molar-refractivity contribution < 1.29 is 0 Å². The Morgan fingerprint density at radius 1 is 1.22 bits per heavy atom. The van der Waals surface area contributed by atoms with Gasteiger partial charge in [-0.2, -0.15) is 10.2 Å². The molecule has 0 saturated carbocycles. The minimum atomic E-state index is 0.262. The second kappa shape index (κ2) is 6.63. The van der Waals surface area contributed by atoms with Gasteiger partial charge in [0.1, 0.15) is 5.82 Å². The summed E-state index contributed by atoms with van der Waals surface area (Å²) in [7, 11) is 0. The summed E-state index contributed by atoms with van der Waals surface area (Å²) in [4.78, 5) is 9.10. The Balaban J connectivity index is 1.90. The first-order chi connectivity index (χ1) is 11.2. The first-order valence-corrected chi connectivity index (χ1v) is 8.29. The molecule has 0 atom stereocenters. The molecule has 3 aromatic rings. The number of hydrogen-bond acceptors (Lipinski definition) is 6. The molecule has 0 fully saturated rings. The summed E-state index contributed by atoms with van der Waals surface area (Å²) < 4.78 is 1.02. The number of rotatable bonds is 5. The third-order valence-electron chi connectivity index (χ3n) is 3.31. The SMILES string of the molecule is CC(C)Nc1nc(NCc2ccccc2C#N)c2sccc2n1. The molecule has 5 nitrogen and oxygen atoms in total. The summed E-state index contributed by atoms with van der Waals surface area (Å²) in [5.74, 6) is 1.41. The normalized spacial score (nSPS) is 10.7. The zero-order valence-corrected chi connectivity index (χ0v) is 13.8. The van der Waals surface area contributed by atoms with Gasteiger partial charge < -0.3 is 10.6 Å². The van der Waals surface area contributed by atoms with Crippen molar-refractivity contribution in [2.75, 3.05) is 10.6 Å². The summed E-state index contributed by atoms with van der Waals surface area (Å²) in [6.45, 7) is 4.66. The molecule has 0 aliphatic rings. The van der Waals surface area contributed by atoms with E-state index in [1.807, 2.05) is 35.7 Å². The standard InChI is InChI=1S/C17H17N5S/c1-11(2)20-17-21-14-7-8-23-15(14)16(22-17)19-10-13-6-4-3-5-12(13)9-18/h3-8,11H,10H2,1-2H3,(H2,19,20,21,22). The van der Waals surface area contributed by atoms with Crippen molar-refractivity contribution in [1.29, 1.82) is 5.26 Å². The van der Waals surface area contributed by atoms with Gasteiger partial charge in [0.05, 0.1) is 21.8 Å². The van der Waals surface area contributed by atoms with Crippen LogP contribution in [0.2, 0.25) is 0 Å². The highest BCUT2D eigenvalue weighted by atomic mass is 32.1. The van der Waals surface area contributed by atoms with Gasteiger partial charge in [0, 0.05) is 12.6 Å². The van der Waals surface area contributed by atoms with Crippen molar-refractivity contribution >= 4 is 33.3 Å². The van der Waals surface area contributed by atoms with Gasteiger partial charge in [-0.15, -0.1) is 11.3 Å². The largest absolute Gasteiger partial charge is 0.365 e. The highest BCUT2D eigenvalue weighted by Gasteiger charge is 2.10. The maximum Gasteiger partial charge on any atom is 0.225 e. The monoisotopic (exact) mass is 323 g/mol. The van der Waals surface area contributed by atoms with Crippen LogP contribution in [-0.2, 0) is 6.54 Å². The molecule has 116 valence electrons. The average Bonchev–Trinajstić information content (AvgIpc) is 3.00. The van der Waals surface area contributed by atoms with E-state index in [4.69, 9.17) is 0 Å². The summed E-state index contributed by atoms with van der Waals surface area (Å²) >= 11 is 1.61. The average molecular weight is 323 g/mol. The second-order valence-corrected chi connectivity index (χ2v) is 6.37. The molecular formula is C17H17N5S. The van der Waals surface area contributed by atoms with Gasteiger partial charge in [-0.25, -0.2) is 4.98 Å². The Morgan fingerprint density at radius 2 is 2.04 bits per heavy atom. The number of nitrogens with zero attached hydrogens (tertiary/aromatic N) is 3. The van der Waals surface area contributed by atoms with E-state index in [0.717, 1.165) is 21.6 Å². The number of nitriles is 1. The molecule has 0 spiro atoms. The summed E-state index contributed by atoms with van der Waals surface area (Å²) in [5.41, 5.74) is 2.55. The van der Waals surface area contributed by atoms with Crippen LogP contribution in [0.5, 0.6) is 0 Å². The molecule has 0 amide bonds. The Bertz CT molecular complexity index is 863. The predicted octanol–water partition coefficient (Wildman–Crippen LogP) is 4.00. The van der Waals surface area contributed by atoms with E-state index in [9.17, 15) is 5.26 Å². The molecule has 2 aromatic heterocycles. The summed E-state index contributed by atoms with van der Waals surface area (Å²) in [6, 6.07) is 12.0. The first kappa shape index (κ1) is 15.3. The predicted molar refractivity (Wildman–Crippen MR) is 94.7 cm³/mol. The fourth-order valence-corrected chi connectivity index (χ4v) is 3.07. The maximum absolute atomic E-state index is 9.19. The zero-order valence-electron chi connectivity index (χ0n) is 13.0. The van der Waals surface area contributed by atoms with Gasteiger partial charge in [0.15, 0.2) is 0 Å². The highest BCUT2D eigenvalue weighted by molar-refractivity contribution is 7.17. The molecule has 2 heterocycles. The number of nitrogens with one attached hydrogen (secondary N) is 2. The van der Waals surface area contributed by atoms with Crippen LogP contribution >= 0.6 is 11.3 Å². The van der Waals surface area contributed by atoms with E-state index < -0.39 is 0 Å². The van der Waals surface area contributed by atoms with E-state index >= 15 is 0 Å². The zero-order chi connectivity index (χ0) is 16.2. The lowest BCUT2D eigenvalue weighted by molar-refractivity contribution is 0.877. The number of thiophene rings is 1. The number of benzene rings is 1. The van der Waals surface area contributed by atoms with Crippen molar-refractivity contribution in [1.82, 2.24) is 9.97 Å². The van der Waals surface area contributed by atoms with Crippen molar-refractivity contribution in [3.63, 3.8) is 0 Å². The lowest BCUT2D eigenvalue weighted by atomic mass is 10.1. The fourth-order valence-electron chi connectivity index (χ4n) is 2.27. The van der Waals surface area contributed by atoms with Gasteiger partial charge in [-0.1, -0.05) is 18.2 Å². The van der Waals surface area contributed by atoms with Crippen LogP contribution in [0, 0.1) is 11.3 Å². The van der Waals surface area contributed by atoms with Crippen molar-refractivity contribution in [3.8, 4) is 6.07 Å². The third kappa shape index (κ3) is 3.41. The Morgan fingerprint density at radius 3 is 2.83 bits per heavy atom. The molecule has 0 unspecified atom stereocenters. The van der Waals surface area contributed by atoms with Crippen LogP contribution in [0.25, 0.3) is 10.2 Å². The third-order valence-corrected chi connectivity index (χ3v) is 4.22. The lowest BCUT2D eigenvalue weighted by Crippen LogP contribution is -2.13. The van der Waals surface area contributed by atoms with Crippen LogP contribution < -0.4 is 10.6 Å². The van der Waals surface area contributed by atoms with Gasteiger partial charge >= 0.3 is 0 Å². The lowest BCUT2D eigenvalue weighted by Gasteiger charge is -2.12. The van der Waals surface area contributed by atoms with E-state index in [1.165, 1.54) is 0 Å². The molecule has 0 radical (unpaired) electrons. The van der Waals surface area contributed by atoms with Crippen molar-refractivity contribution in [2.45, 2.75) is 26.4 Å².